The first-order valence-electron chi connectivity index (χ1n) is 6.43. The second-order valence-corrected chi connectivity index (χ2v) is 5.73. The van der Waals surface area contributed by atoms with E-state index in [1.54, 1.807) is 17.6 Å². The second kappa shape index (κ2) is 5.57. The van der Waals surface area contributed by atoms with Crippen molar-refractivity contribution < 1.29 is 14.3 Å². The molecule has 3 rings (SSSR count). The van der Waals surface area contributed by atoms with Crippen molar-refractivity contribution in [2.45, 2.75) is 13.8 Å². The number of aryl methyl sites for hydroxylation is 1. The molecule has 6 heteroatoms. The molecule has 0 unspecified atom stereocenters. The minimum absolute atomic E-state index is 0.200. The number of thiophene rings is 1. The fraction of sp³-hybridized carbons (Fsp3) is 0.200. The van der Waals surface area contributed by atoms with E-state index in [0.29, 0.717) is 11.3 Å². The third-order valence-electron chi connectivity index (χ3n) is 3.31. The van der Waals surface area contributed by atoms with E-state index in [0.717, 1.165) is 21.8 Å². The van der Waals surface area contributed by atoms with Gasteiger partial charge in [0.25, 0.3) is 5.91 Å². The Morgan fingerprint density at radius 1 is 1.33 bits per heavy atom. The number of ether oxygens (including phenoxy) is 2. The van der Waals surface area contributed by atoms with E-state index < -0.39 is 0 Å². The van der Waals surface area contributed by atoms with Crippen molar-refractivity contribution >= 4 is 23.5 Å². The summed E-state index contributed by atoms with van der Waals surface area (Å²) in [6.07, 6.45) is 1.58. The highest BCUT2D eigenvalue weighted by Gasteiger charge is 2.13. The van der Waals surface area contributed by atoms with Crippen LogP contribution in [0.4, 0.5) is 0 Å². The molecule has 0 atom stereocenters. The van der Waals surface area contributed by atoms with Crippen LogP contribution in [-0.4, -0.2) is 18.9 Å². The number of rotatable bonds is 3. The number of nitrogens with one attached hydrogen (secondary N) is 1. The number of amides is 1. The zero-order chi connectivity index (χ0) is 14.8. The maximum absolute atomic E-state index is 12.0. The number of fused-ring (bicyclic) bond motifs is 1. The van der Waals surface area contributed by atoms with Gasteiger partial charge in [0.1, 0.15) is 0 Å². The lowest BCUT2D eigenvalue weighted by atomic mass is 10.2. The van der Waals surface area contributed by atoms with Crippen molar-refractivity contribution in [2.24, 2.45) is 5.10 Å². The molecule has 1 N–H and O–H groups in total. The van der Waals surface area contributed by atoms with Gasteiger partial charge in [-0.15, -0.1) is 11.3 Å². The Morgan fingerprint density at radius 2 is 2.14 bits per heavy atom. The molecule has 21 heavy (non-hydrogen) atoms. The van der Waals surface area contributed by atoms with Crippen LogP contribution < -0.4 is 14.9 Å². The molecule has 2 aromatic rings. The molecular formula is C15H14N2O3S. The van der Waals surface area contributed by atoms with Crippen molar-refractivity contribution in [1.82, 2.24) is 5.43 Å². The molecule has 108 valence electrons. The first-order valence-corrected chi connectivity index (χ1v) is 7.31. The molecule has 2 heterocycles. The number of hydrazone groups is 1. The molecule has 0 fully saturated rings. The number of carbonyl (C=O) groups excluding carboxylic acids is 1. The Hall–Kier alpha value is -2.34. The third kappa shape index (κ3) is 2.75. The van der Waals surface area contributed by atoms with Crippen molar-refractivity contribution in [2.75, 3.05) is 6.79 Å². The predicted molar refractivity (Wildman–Crippen MR) is 81.4 cm³/mol. The van der Waals surface area contributed by atoms with Crippen molar-refractivity contribution in [3.05, 3.63) is 45.1 Å². The van der Waals surface area contributed by atoms with Gasteiger partial charge in [-0.3, -0.25) is 4.79 Å². The van der Waals surface area contributed by atoms with E-state index in [-0.39, 0.29) is 12.7 Å². The molecule has 1 amide bonds. The van der Waals surface area contributed by atoms with Gasteiger partial charge in [0.15, 0.2) is 11.5 Å². The molecule has 1 aliphatic heterocycles. The number of benzene rings is 1. The van der Waals surface area contributed by atoms with E-state index in [1.807, 2.05) is 37.4 Å². The molecule has 1 aliphatic rings. The molecule has 5 nitrogen and oxygen atoms in total. The second-order valence-electron chi connectivity index (χ2n) is 4.64. The van der Waals surface area contributed by atoms with Crippen LogP contribution in [-0.2, 0) is 0 Å². The Labute approximate surface area is 126 Å². The zero-order valence-electron chi connectivity index (χ0n) is 11.7. The summed E-state index contributed by atoms with van der Waals surface area (Å²) in [5, 5.41) is 5.82. The number of hydrogen-bond acceptors (Lipinski definition) is 5. The maximum atomic E-state index is 12.0. The van der Waals surface area contributed by atoms with Crippen LogP contribution >= 0.6 is 11.3 Å². The lowest BCUT2D eigenvalue weighted by molar-refractivity contribution is 0.0955. The van der Waals surface area contributed by atoms with Gasteiger partial charge >= 0.3 is 0 Å². The summed E-state index contributed by atoms with van der Waals surface area (Å²) in [7, 11) is 0. The quantitative estimate of drug-likeness (QED) is 0.700. The fourth-order valence-electron chi connectivity index (χ4n) is 1.96. The SMILES string of the molecule is Cc1scc(C(=O)NN=Cc2ccc3c(c2)OCO3)c1C. The molecule has 1 aromatic carbocycles. The van der Waals surface area contributed by atoms with Gasteiger partial charge in [-0.2, -0.15) is 5.10 Å². The van der Waals surface area contributed by atoms with Crippen LogP contribution in [0.25, 0.3) is 0 Å². The molecule has 0 aliphatic carbocycles. The maximum Gasteiger partial charge on any atom is 0.272 e. The van der Waals surface area contributed by atoms with E-state index in [1.165, 1.54) is 0 Å². The number of hydrogen-bond donors (Lipinski definition) is 1. The normalized spacial score (nSPS) is 12.9. The summed E-state index contributed by atoms with van der Waals surface area (Å²) in [4.78, 5) is 13.1. The van der Waals surface area contributed by atoms with Crippen molar-refractivity contribution in [3.8, 4) is 11.5 Å². The summed E-state index contributed by atoms with van der Waals surface area (Å²) >= 11 is 1.56. The molecule has 0 radical (unpaired) electrons. The summed E-state index contributed by atoms with van der Waals surface area (Å²) in [6, 6.07) is 5.49. The number of carbonyl (C=O) groups is 1. The average molecular weight is 302 g/mol. The van der Waals surface area contributed by atoms with Crippen molar-refractivity contribution in [3.63, 3.8) is 0 Å². The monoisotopic (exact) mass is 302 g/mol. The standard InChI is InChI=1S/C15H14N2O3S/c1-9-10(2)21-7-12(9)15(18)17-16-6-11-3-4-13-14(5-11)20-8-19-13/h3-7H,8H2,1-2H3,(H,17,18). The molecule has 0 bridgehead atoms. The molecular weight excluding hydrogens is 288 g/mol. The van der Waals surface area contributed by atoms with Crippen LogP contribution in [0.5, 0.6) is 11.5 Å². The van der Waals surface area contributed by atoms with Crippen LogP contribution in [0.2, 0.25) is 0 Å². The highest BCUT2D eigenvalue weighted by atomic mass is 32.1. The smallest absolute Gasteiger partial charge is 0.272 e. The summed E-state index contributed by atoms with van der Waals surface area (Å²) < 4.78 is 10.5. The van der Waals surface area contributed by atoms with Crippen LogP contribution in [0.15, 0.2) is 28.7 Å². The van der Waals surface area contributed by atoms with Gasteiger partial charge in [-0.25, -0.2) is 5.43 Å². The predicted octanol–water partition coefficient (Wildman–Crippen LogP) is 2.86. The summed E-state index contributed by atoms with van der Waals surface area (Å²) in [6.45, 7) is 4.17. The summed E-state index contributed by atoms with van der Waals surface area (Å²) in [5.41, 5.74) is 5.03. The van der Waals surface area contributed by atoms with Crippen LogP contribution in [0, 0.1) is 13.8 Å². The fourth-order valence-corrected chi connectivity index (χ4v) is 2.82. The first-order chi connectivity index (χ1) is 10.1. The van der Waals surface area contributed by atoms with Gasteiger partial charge in [-0.1, -0.05) is 0 Å². The van der Waals surface area contributed by atoms with E-state index >= 15 is 0 Å². The first kappa shape index (κ1) is 13.6. The van der Waals surface area contributed by atoms with Crippen LogP contribution in [0.3, 0.4) is 0 Å². The Morgan fingerprint density at radius 3 is 2.90 bits per heavy atom. The number of nitrogens with zero attached hydrogens (tertiary/aromatic N) is 1. The van der Waals surface area contributed by atoms with E-state index in [2.05, 4.69) is 10.5 Å². The minimum Gasteiger partial charge on any atom is -0.454 e. The molecule has 0 spiro atoms. The van der Waals surface area contributed by atoms with Gasteiger partial charge in [0.05, 0.1) is 11.8 Å². The van der Waals surface area contributed by atoms with Gasteiger partial charge in [0.2, 0.25) is 6.79 Å². The highest BCUT2D eigenvalue weighted by molar-refractivity contribution is 7.10. The highest BCUT2D eigenvalue weighted by Crippen LogP contribution is 2.31. The Bertz CT molecular complexity index is 722. The average Bonchev–Trinajstić information content (AvgIpc) is 3.06. The molecule has 0 saturated carbocycles. The zero-order valence-corrected chi connectivity index (χ0v) is 12.5. The minimum atomic E-state index is -0.200. The topological polar surface area (TPSA) is 59.9 Å². The summed E-state index contributed by atoms with van der Waals surface area (Å²) in [5.74, 6) is 1.21. The lowest BCUT2D eigenvalue weighted by Gasteiger charge is -2.00. The third-order valence-corrected chi connectivity index (χ3v) is 4.32. The Kier molecular flexibility index (Phi) is 3.62. The van der Waals surface area contributed by atoms with E-state index in [9.17, 15) is 4.79 Å². The largest absolute Gasteiger partial charge is 0.454 e. The van der Waals surface area contributed by atoms with Gasteiger partial charge in [0, 0.05) is 10.3 Å². The molecule has 0 saturated heterocycles. The van der Waals surface area contributed by atoms with E-state index in [4.69, 9.17) is 9.47 Å². The Balaban J connectivity index is 1.67. The molecule has 1 aromatic heterocycles. The van der Waals surface area contributed by atoms with Gasteiger partial charge < -0.3 is 9.47 Å². The van der Waals surface area contributed by atoms with Crippen molar-refractivity contribution in [1.29, 1.82) is 0 Å². The van der Waals surface area contributed by atoms with Crippen LogP contribution in [0.1, 0.15) is 26.4 Å². The lowest BCUT2D eigenvalue weighted by Crippen LogP contribution is -2.17. The van der Waals surface area contributed by atoms with Gasteiger partial charge in [-0.05, 0) is 43.2 Å².